The molecule has 1 aromatic rings. The van der Waals surface area contributed by atoms with Gasteiger partial charge in [0, 0.05) is 30.4 Å². The zero-order chi connectivity index (χ0) is 13.6. The summed E-state index contributed by atoms with van der Waals surface area (Å²) in [6, 6.07) is 4.91. The fourth-order valence-electron chi connectivity index (χ4n) is 3.36. The second-order valence-electron chi connectivity index (χ2n) is 6.61. The second kappa shape index (κ2) is 4.48. The first-order chi connectivity index (χ1) is 8.99. The number of rotatable bonds is 2. The van der Waals surface area contributed by atoms with Crippen LogP contribution in [0, 0.1) is 19.8 Å². The Morgan fingerprint density at radius 3 is 2.68 bits per heavy atom. The van der Waals surface area contributed by atoms with Crippen molar-refractivity contribution in [2.24, 2.45) is 5.92 Å². The summed E-state index contributed by atoms with van der Waals surface area (Å²) in [6.45, 7) is 11.1. The van der Waals surface area contributed by atoms with Gasteiger partial charge >= 0.3 is 0 Å². The lowest BCUT2D eigenvalue weighted by Crippen LogP contribution is -2.63. The molecule has 1 aromatic heterocycles. The third-order valence-corrected chi connectivity index (χ3v) is 4.82. The molecule has 3 nitrogen and oxygen atoms in total. The number of aryl methyl sites for hydroxylation is 2. The van der Waals surface area contributed by atoms with E-state index in [4.69, 9.17) is 0 Å². The maximum atomic E-state index is 4.63. The van der Waals surface area contributed by atoms with Crippen LogP contribution in [0.1, 0.15) is 38.1 Å². The summed E-state index contributed by atoms with van der Waals surface area (Å²) in [6.07, 6.45) is 2.77. The normalized spacial score (nSPS) is 31.6. The summed E-state index contributed by atoms with van der Waals surface area (Å²) < 4.78 is 0. The van der Waals surface area contributed by atoms with E-state index in [9.17, 15) is 0 Å². The third-order valence-electron chi connectivity index (χ3n) is 4.82. The minimum absolute atomic E-state index is 0.282. The van der Waals surface area contributed by atoms with E-state index in [1.165, 1.54) is 18.5 Å². The van der Waals surface area contributed by atoms with Crippen molar-refractivity contribution in [1.82, 2.24) is 10.3 Å². The van der Waals surface area contributed by atoms with Crippen molar-refractivity contribution >= 4 is 5.69 Å². The zero-order valence-corrected chi connectivity index (χ0v) is 12.5. The molecule has 2 fully saturated rings. The summed E-state index contributed by atoms with van der Waals surface area (Å²) in [5.74, 6) is 0.862. The highest BCUT2D eigenvalue weighted by atomic mass is 15.3. The SMILES string of the molecule is Cc1ccc(N2CC(C)(C3CC3)NCC2C)c(C)n1. The Labute approximate surface area is 116 Å². The molecule has 1 saturated carbocycles. The van der Waals surface area contributed by atoms with Gasteiger partial charge in [0.15, 0.2) is 0 Å². The maximum Gasteiger partial charge on any atom is 0.0609 e. The van der Waals surface area contributed by atoms with Gasteiger partial charge in [-0.3, -0.25) is 4.98 Å². The van der Waals surface area contributed by atoms with Crippen molar-refractivity contribution < 1.29 is 0 Å². The lowest BCUT2D eigenvalue weighted by Gasteiger charge is -2.47. The smallest absolute Gasteiger partial charge is 0.0609 e. The topological polar surface area (TPSA) is 28.2 Å². The van der Waals surface area contributed by atoms with Gasteiger partial charge in [0.05, 0.1) is 11.4 Å². The van der Waals surface area contributed by atoms with Gasteiger partial charge in [-0.25, -0.2) is 0 Å². The molecule has 0 bridgehead atoms. The number of aromatic nitrogens is 1. The van der Waals surface area contributed by atoms with E-state index in [2.05, 4.69) is 55.0 Å². The third kappa shape index (κ3) is 2.36. The molecule has 2 heterocycles. The Kier molecular flexibility index (Phi) is 3.05. The highest BCUT2D eigenvalue weighted by Crippen LogP contribution is 2.42. The summed E-state index contributed by atoms with van der Waals surface area (Å²) >= 11 is 0. The Morgan fingerprint density at radius 2 is 2.05 bits per heavy atom. The van der Waals surface area contributed by atoms with Crippen LogP contribution in [0.25, 0.3) is 0 Å². The summed E-state index contributed by atoms with van der Waals surface area (Å²) in [4.78, 5) is 7.18. The Balaban J connectivity index is 1.88. The van der Waals surface area contributed by atoms with Crippen molar-refractivity contribution in [2.45, 2.75) is 52.1 Å². The highest BCUT2D eigenvalue weighted by molar-refractivity contribution is 5.52. The van der Waals surface area contributed by atoms with Crippen LogP contribution >= 0.6 is 0 Å². The monoisotopic (exact) mass is 259 g/mol. The number of piperazine rings is 1. The molecule has 3 heteroatoms. The molecular formula is C16H25N3. The first kappa shape index (κ1) is 12.9. The van der Waals surface area contributed by atoms with E-state index in [0.29, 0.717) is 6.04 Å². The van der Waals surface area contributed by atoms with Gasteiger partial charge < -0.3 is 10.2 Å². The quantitative estimate of drug-likeness (QED) is 0.885. The molecule has 1 N–H and O–H groups in total. The predicted molar refractivity (Wildman–Crippen MR) is 79.7 cm³/mol. The number of hydrogen-bond donors (Lipinski definition) is 1. The van der Waals surface area contributed by atoms with Gasteiger partial charge in [-0.15, -0.1) is 0 Å². The number of anilines is 1. The van der Waals surface area contributed by atoms with E-state index in [0.717, 1.165) is 30.4 Å². The van der Waals surface area contributed by atoms with Crippen molar-refractivity contribution in [3.05, 3.63) is 23.5 Å². The summed E-state index contributed by atoms with van der Waals surface area (Å²) in [5.41, 5.74) is 3.86. The van der Waals surface area contributed by atoms with Gasteiger partial charge in [0.1, 0.15) is 0 Å². The molecule has 2 aliphatic rings. The molecule has 1 aliphatic carbocycles. The van der Waals surface area contributed by atoms with E-state index in [1.54, 1.807) is 0 Å². The highest BCUT2D eigenvalue weighted by Gasteiger charge is 2.45. The Morgan fingerprint density at radius 1 is 1.32 bits per heavy atom. The molecule has 3 rings (SSSR count). The number of pyridine rings is 1. The van der Waals surface area contributed by atoms with Gasteiger partial charge in [-0.05, 0) is 58.6 Å². The largest absolute Gasteiger partial charge is 0.364 e. The summed E-state index contributed by atoms with van der Waals surface area (Å²) in [7, 11) is 0. The van der Waals surface area contributed by atoms with Crippen LogP contribution in [0.5, 0.6) is 0 Å². The van der Waals surface area contributed by atoms with Crippen molar-refractivity contribution in [2.75, 3.05) is 18.0 Å². The second-order valence-corrected chi connectivity index (χ2v) is 6.61. The van der Waals surface area contributed by atoms with Gasteiger partial charge in [-0.2, -0.15) is 0 Å². The number of nitrogens with zero attached hydrogens (tertiary/aromatic N) is 2. The Hall–Kier alpha value is -1.09. The first-order valence-corrected chi connectivity index (χ1v) is 7.45. The van der Waals surface area contributed by atoms with Crippen molar-refractivity contribution in [3.8, 4) is 0 Å². The van der Waals surface area contributed by atoms with Gasteiger partial charge in [-0.1, -0.05) is 0 Å². The average Bonchev–Trinajstić information content (AvgIpc) is 3.17. The molecule has 2 unspecified atom stereocenters. The zero-order valence-electron chi connectivity index (χ0n) is 12.5. The van der Waals surface area contributed by atoms with E-state index in [-0.39, 0.29) is 5.54 Å². The molecule has 104 valence electrons. The van der Waals surface area contributed by atoms with Crippen LogP contribution in [0.4, 0.5) is 5.69 Å². The molecule has 0 aromatic carbocycles. The molecular weight excluding hydrogens is 234 g/mol. The van der Waals surface area contributed by atoms with Crippen LogP contribution in [-0.4, -0.2) is 29.7 Å². The number of hydrogen-bond acceptors (Lipinski definition) is 3. The molecule has 1 saturated heterocycles. The standard InChI is InChI=1S/C16H25N3/c1-11-5-8-15(13(3)18-11)19-10-16(4,14-6-7-14)17-9-12(19)2/h5,8,12,14,17H,6-7,9-10H2,1-4H3. The van der Waals surface area contributed by atoms with Gasteiger partial charge in [0.25, 0.3) is 0 Å². The van der Waals surface area contributed by atoms with Crippen LogP contribution in [0.15, 0.2) is 12.1 Å². The van der Waals surface area contributed by atoms with E-state index in [1.807, 2.05) is 0 Å². The van der Waals surface area contributed by atoms with E-state index >= 15 is 0 Å². The fraction of sp³-hybridized carbons (Fsp3) is 0.688. The minimum atomic E-state index is 0.282. The average molecular weight is 259 g/mol. The molecule has 0 spiro atoms. The van der Waals surface area contributed by atoms with Crippen LogP contribution in [0.3, 0.4) is 0 Å². The molecule has 0 radical (unpaired) electrons. The predicted octanol–water partition coefficient (Wildman–Crippen LogP) is 2.67. The first-order valence-electron chi connectivity index (χ1n) is 7.45. The van der Waals surface area contributed by atoms with Crippen molar-refractivity contribution in [1.29, 1.82) is 0 Å². The minimum Gasteiger partial charge on any atom is -0.364 e. The molecule has 19 heavy (non-hydrogen) atoms. The number of nitrogens with one attached hydrogen (secondary N) is 1. The molecule has 1 aliphatic heterocycles. The van der Waals surface area contributed by atoms with Crippen LogP contribution < -0.4 is 10.2 Å². The fourth-order valence-corrected chi connectivity index (χ4v) is 3.36. The Bertz CT molecular complexity index is 481. The van der Waals surface area contributed by atoms with Gasteiger partial charge in [0.2, 0.25) is 0 Å². The van der Waals surface area contributed by atoms with Crippen LogP contribution in [0.2, 0.25) is 0 Å². The van der Waals surface area contributed by atoms with Crippen LogP contribution in [-0.2, 0) is 0 Å². The maximum absolute atomic E-state index is 4.63. The summed E-state index contributed by atoms with van der Waals surface area (Å²) in [5, 5.41) is 3.78. The lowest BCUT2D eigenvalue weighted by molar-refractivity contribution is 0.260. The van der Waals surface area contributed by atoms with E-state index < -0.39 is 0 Å². The van der Waals surface area contributed by atoms with Crippen molar-refractivity contribution in [3.63, 3.8) is 0 Å². The molecule has 2 atom stereocenters. The lowest BCUT2D eigenvalue weighted by atomic mass is 9.90. The molecule has 0 amide bonds.